The third-order valence-corrected chi connectivity index (χ3v) is 6.57. The van der Waals surface area contributed by atoms with Crippen molar-refractivity contribution in [3.63, 3.8) is 0 Å². The van der Waals surface area contributed by atoms with Gasteiger partial charge in [-0.2, -0.15) is 0 Å². The van der Waals surface area contributed by atoms with E-state index < -0.39 is 12.0 Å². The van der Waals surface area contributed by atoms with Crippen LogP contribution in [0.4, 0.5) is 5.69 Å². The lowest BCUT2D eigenvalue weighted by Gasteiger charge is -2.40. The highest BCUT2D eigenvalue weighted by Crippen LogP contribution is 2.46. The van der Waals surface area contributed by atoms with Crippen molar-refractivity contribution in [2.45, 2.75) is 12.0 Å². The molecule has 37 heavy (non-hydrogen) atoms. The molecule has 9 heteroatoms. The van der Waals surface area contributed by atoms with Gasteiger partial charge in [0.1, 0.15) is 5.75 Å². The summed E-state index contributed by atoms with van der Waals surface area (Å²) in [5.74, 6) is 1.23. The van der Waals surface area contributed by atoms with E-state index in [9.17, 15) is 9.59 Å². The van der Waals surface area contributed by atoms with Crippen molar-refractivity contribution < 1.29 is 33.3 Å². The van der Waals surface area contributed by atoms with Crippen LogP contribution in [-0.4, -0.2) is 59.3 Å². The molecule has 9 nitrogen and oxygen atoms in total. The predicted molar refractivity (Wildman–Crippen MR) is 138 cm³/mol. The van der Waals surface area contributed by atoms with Crippen molar-refractivity contribution in [2.75, 3.05) is 47.9 Å². The van der Waals surface area contributed by atoms with Gasteiger partial charge in [0.05, 0.1) is 47.5 Å². The first-order valence-corrected chi connectivity index (χ1v) is 11.6. The molecule has 2 amide bonds. The van der Waals surface area contributed by atoms with Crippen molar-refractivity contribution in [3.8, 4) is 28.7 Å². The van der Waals surface area contributed by atoms with Crippen molar-refractivity contribution in [1.29, 1.82) is 0 Å². The zero-order chi connectivity index (χ0) is 26.7. The Hall–Kier alpha value is -4.40. The third kappa shape index (κ3) is 4.72. The van der Waals surface area contributed by atoms with Gasteiger partial charge >= 0.3 is 0 Å². The Morgan fingerprint density at radius 1 is 0.757 bits per heavy atom. The molecular weight excluding hydrogens is 476 g/mol. The smallest absolute Gasteiger partial charge is 0.254 e. The van der Waals surface area contributed by atoms with Gasteiger partial charge in [-0.3, -0.25) is 9.59 Å². The van der Waals surface area contributed by atoms with Gasteiger partial charge in [-0.1, -0.05) is 12.1 Å². The molecule has 0 unspecified atom stereocenters. The summed E-state index contributed by atoms with van der Waals surface area (Å²) in [7, 11) is 9.36. The fraction of sp³-hybridized carbons (Fsp3) is 0.286. The van der Waals surface area contributed by atoms with Crippen LogP contribution in [0, 0.1) is 0 Å². The van der Waals surface area contributed by atoms with Crippen LogP contribution in [-0.2, 0) is 4.79 Å². The maximum absolute atomic E-state index is 14.0. The molecule has 1 aliphatic heterocycles. The molecule has 194 valence electrons. The number of fused-ring (bicyclic) bond motifs is 1. The van der Waals surface area contributed by atoms with Crippen LogP contribution in [0.2, 0.25) is 0 Å². The summed E-state index contributed by atoms with van der Waals surface area (Å²) in [6, 6.07) is 15.2. The lowest BCUT2D eigenvalue weighted by molar-refractivity contribution is -0.119. The van der Waals surface area contributed by atoms with E-state index in [-0.39, 0.29) is 11.8 Å². The molecule has 3 aromatic rings. The van der Waals surface area contributed by atoms with Crippen LogP contribution < -0.4 is 29.0 Å². The van der Waals surface area contributed by atoms with Gasteiger partial charge in [0.15, 0.2) is 23.0 Å². The Bertz CT molecular complexity index is 1310. The number of hydrogen-bond donors (Lipinski definition) is 1. The van der Waals surface area contributed by atoms with E-state index in [0.717, 1.165) is 5.56 Å². The van der Waals surface area contributed by atoms with Crippen molar-refractivity contribution in [2.24, 2.45) is 0 Å². The van der Waals surface area contributed by atoms with Gasteiger partial charge in [-0.15, -0.1) is 0 Å². The monoisotopic (exact) mass is 506 g/mol. The standard InChI is InChI=1S/C28H30N2O7/c1-30-26(16-7-10-18(33-2)11-8-16)25(19-14-23(36-5)24(37-6)15-20(19)28(30)32)27(31)29-17-9-12-21(34-3)22(13-17)35-4/h7-15,25-26H,1-6H3,(H,29,31)/t25-,26+/m0/s1. The molecule has 2 atom stereocenters. The molecule has 0 aliphatic carbocycles. The minimum absolute atomic E-state index is 0.230. The molecule has 0 saturated carbocycles. The SMILES string of the molecule is COc1ccc([C@@H]2[C@@H](C(=O)Nc3ccc(OC)c(OC)c3)c3cc(OC)c(OC)cc3C(=O)N2C)cc1. The van der Waals surface area contributed by atoms with E-state index in [1.54, 1.807) is 68.6 Å². The first-order chi connectivity index (χ1) is 17.9. The zero-order valence-electron chi connectivity index (χ0n) is 21.7. The highest BCUT2D eigenvalue weighted by molar-refractivity contribution is 6.05. The van der Waals surface area contributed by atoms with E-state index >= 15 is 0 Å². The first-order valence-electron chi connectivity index (χ1n) is 11.6. The molecule has 0 fully saturated rings. The summed E-state index contributed by atoms with van der Waals surface area (Å²) in [5.41, 5.74) is 2.22. The Morgan fingerprint density at radius 2 is 1.35 bits per heavy atom. The minimum Gasteiger partial charge on any atom is -0.497 e. The summed E-state index contributed by atoms with van der Waals surface area (Å²) in [6.45, 7) is 0. The topological polar surface area (TPSA) is 95.6 Å². The Kier molecular flexibility index (Phi) is 7.42. The number of nitrogens with zero attached hydrogens (tertiary/aromatic N) is 1. The molecule has 1 aliphatic rings. The van der Waals surface area contributed by atoms with Crippen LogP contribution in [0.1, 0.15) is 33.4 Å². The Morgan fingerprint density at radius 3 is 1.95 bits per heavy atom. The van der Waals surface area contributed by atoms with Crippen molar-refractivity contribution >= 4 is 17.5 Å². The maximum atomic E-state index is 14.0. The molecule has 4 rings (SSSR count). The van der Waals surface area contributed by atoms with Crippen LogP contribution in [0.5, 0.6) is 28.7 Å². The number of carbonyl (C=O) groups excluding carboxylic acids is 2. The van der Waals surface area contributed by atoms with Crippen molar-refractivity contribution in [1.82, 2.24) is 4.90 Å². The van der Waals surface area contributed by atoms with E-state index in [1.165, 1.54) is 21.3 Å². The molecule has 0 saturated heterocycles. The first kappa shape index (κ1) is 25.7. The van der Waals surface area contributed by atoms with Crippen LogP contribution in [0.25, 0.3) is 0 Å². The molecule has 0 bridgehead atoms. The Balaban J connectivity index is 1.85. The van der Waals surface area contributed by atoms with Gasteiger partial charge < -0.3 is 33.9 Å². The number of methoxy groups -OCH3 is 5. The van der Waals surface area contributed by atoms with Crippen LogP contribution in [0.15, 0.2) is 54.6 Å². The van der Waals surface area contributed by atoms with E-state index in [4.69, 9.17) is 23.7 Å². The second kappa shape index (κ2) is 10.7. The fourth-order valence-electron chi connectivity index (χ4n) is 4.68. The van der Waals surface area contributed by atoms with Gasteiger partial charge in [0.25, 0.3) is 5.91 Å². The zero-order valence-corrected chi connectivity index (χ0v) is 21.7. The molecular formula is C28H30N2O7. The molecule has 1 heterocycles. The lowest BCUT2D eigenvalue weighted by atomic mass is 9.79. The second-order valence-corrected chi connectivity index (χ2v) is 8.47. The molecule has 0 spiro atoms. The number of benzene rings is 3. The summed E-state index contributed by atoms with van der Waals surface area (Å²) in [4.78, 5) is 29.1. The summed E-state index contributed by atoms with van der Waals surface area (Å²) in [6.07, 6.45) is 0. The number of amides is 2. The lowest BCUT2D eigenvalue weighted by Crippen LogP contribution is -2.44. The molecule has 0 aromatic heterocycles. The third-order valence-electron chi connectivity index (χ3n) is 6.57. The van der Waals surface area contributed by atoms with E-state index in [2.05, 4.69) is 5.32 Å². The van der Waals surface area contributed by atoms with Gasteiger partial charge in [-0.05, 0) is 47.5 Å². The molecule has 1 N–H and O–H groups in total. The number of nitrogens with one attached hydrogen (secondary N) is 1. The maximum Gasteiger partial charge on any atom is 0.254 e. The number of ether oxygens (including phenoxy) is 5. The average Bonchev–Trinajstić information content (AvgIpc) is 2.93. The Labute approximate surface area is 215 Å². The highest BCUT2D eigenvalue weighted by Gasteiger charge is 2.43. The number of likely N-dealkylation sites (N-methyl/N-ethyl adjacent to an activating group) is 1. The average molecular weight is 507 g/mol. The number of anilines is 1. The van der Waals surface area contributed by atoms with Gasteiger partial charge in [-0.25, -0.2) is 0 Å². The summed E-state index contributed by atoms with van der Waals surface area (Å²) >= 11 is 0. The van der Waals surface area contributed by atoms with Gasteiger partial charge in [0, 0.05) is 24.4 Å². The summed E-state index contributed by atoms with van der Waals surface area (Å²) in [5, 5.41) is 2.99. The largest absolute Gasteiger partial charge is 0.497 e. The normalized spacial score (nSPS) is 16.5. The van der Waals surface area contributed by atoms with Gasteiger partial charge in [0.2, 0.25) is 5.91 Å². The molecule has 3 aromatic carbocycles. The molecule has 0 radical (unpaired) electrons. The number of carbonyl (C=O) groups is 2. The van der Waals surface area contributed by atoms with Crippen molar-refractivity contribution in [3.05, 3.63) is 71.3 Å². The van der Waals surface area contributed by atoms with E-state index in [1.807, 2.05) is 12.1 Å². The van der Waals surface area contributed by atoms with Crippen LogP contribution in [0.3, 0.4) is 0 Å². The minimum atomic E-state index is -0.765. The van der Waals surface area contributed by atoms with E-state index in [0.29, 0.717) is 45.6 Å². The number of rotatable bonds is 8. The van der Waals surface area contributed by atoms with Crippen LogP contribution >= 0.6 is 0 Å². The quantitative estimate of drug-likeness (QED) is 0.487. The predicted octanol–water partition coefficient (Wildman–Crippen LogP) is 4.28. The summed E-state index contributed by atoms with van der Waals surface area (Å²) < 4.78 is 26.9. The fourth-order valence-corrected chi connectivity index (χ4v) is 4.68. The number of hydrogen-bond acceptors (Lipinski definition) is 7. The second-order valence-electron chi connectivity index (χ2n) is 8.47. The highest BCUT2D eigenvalue weighted by atomic mass is 16.5.